The van der Waals surface area contributed by atoms with Crippen molar-refractivity contribution in [1.29, 1.82) is 0 Å². The summed E-state index contributed by atoms with van der Waals surface area (Å²) in [7, 11) is 0. The molecule has 1 aromatic carbocycles. The van der Waals surface area contributed by atoms with Crippen molar-refractivity contribution in [2.24, 2.45) is 0 Å². The number of likely N-dealkylation sites (N-methyl/N-ethyl adjacent to an activating group) is 1. The van der Waals surface area contributed by atoms with Crippen molar-refractivity contribution in [1.82, 2.24) is 29.7 Å². The summed E-state index contributed by atoms with van der Waals surface area (Å²) in [5.41, 5.74) is 2.18. The molecule has 2 fully saturated rings. The van der Waals surface area contributed by atoms with Crippen molar-refractivity contribution < 1.29 is 9.32 Å². The van der Waals surface area contributed by atoms with E-state index in [-0.39, 0.29) is 11.9 Å². The molecular weight excluding hydrogens is 392 g/mol. The largest absolute Gasteiger partial charge is 0.339 e. The lowest BCUT2D eigenvalue weighted by atomic mass is 10.1. The van der Waals surface area contributed by atoms with Gasteiger partial charge in [0.2, 0.25) is 17.6 Å². The van der Waals surface area contributed by atoms with Crippen LogP contribution in [0.5, 0.6) is 0 Å². The van der Waals surface area contributed by atoms with Gasteiger partial charge in [0.25, 0.3) is 0 Å². The van der Waals surface area contributed by atoms with Crippen molar-refractivity contribution in [3.05, 3.63) is 35.7 Å². The first-order valence-corrected chi connectivity index (χ1v) is 11.4. The van der Waals surface area contributed by atoms with E-state index < -0.39 is 0 Å². The van der Waals surface area contributed by atoms with Gasteiger partial charge in [-0.2, -0.15) is 4.98 Å². The summed E-state index contributed by atoms with van der Waals surface area (Å²) in [6.07, 6.45) is 0. The lowest BCUT2D eigenvalue weighted by Gasteiger charge is -2.40. The minimum Gasteiger partial charge on any atom is -0.339 e. The number of piperazine rings is 2. The van der Waals surface area contributed by atoms with Gasteiger partial charge < -0.3 is 14.3 Å². The third-order valence-electron chi connectivity index (χ3n) is 6.58. The number of nitrogens with zero attached hydrogens (tertiary/aromatic N) is 6. The predicted octanol–water partition coefficient (Wildman–Crippen LogP) is 1.72. The molecule has 31 heavy (non-hydrogen) atoms. The van der Waals surface area contributed by atoms with Gasteiger partial charge >= 0.3 is 0 Å². The van der Waals surface area contributed by atoms with Crippen LogP contribution in [0.1, 0.15) is 25.3 Å². The van der Waals surface area contributed by atoms with Gasteiger partial charge in [0, 0.05) is 57.9 Å². The van der Waals surface area contributed by atoms with E-state index in [1.165, 1.54) is 5.56 Å². The Morgan fingerprint density at radius 1 is 1.00 bits per heavy atom. The van der Waals surface area contributed by atoms with Crippen LogP contribution in [0.15, 0.2) is 28.8 Å². The van der Waals surface area contributed by atoms with Crippen LogP contribution in [-0.4, -0.2) is 101 Å². The smallest absolute Gasteiger partial charge is 0.241 e. The summed E-state index contributed by atoms with van der Waals surface area (Å²) in [6, 6.07) is 8.08. The Morgan fingerprint density at radius 2 is 1.65 bits per heavy atom. The summed E-state index contributed by atoms with van der Waals surface area (Å²) < 4.78 is 5.48. The fourth-order valence-electron chi connectivity index (χ4n) is 4.34. The lowest BCUT2D eigenvalue weighted by molar-refractivity contribution is -0.139. The quantitative estimate of drug-likeness (QED) is 0.697. The number of aryl methyl sites for hydroxylation is 1. The third-order valence-corrected chi connectivity index (χ3v) is 6.58. The number of carbonyl (C=O) groups excluding carboxylic acids is 1. The molecule has 3 heterocycles. The molecule has 2 aromatic rings. The van der Waals surface area contributed by atoms with E-state index >= 15 is 0 Å². The van der Waals surface area contributed by atoms with Gasteiger partial charge in [-0.15, -0.1) is 0 Å². The van der Waals surface area contributed by atoms with E-state index in [0.717, 1.165) is 64.5 Å². The van der Waals surface area contributed by atoms with Gasteiger partial charge in [-0.05, 0) is 20.4 Å². The molecule has 168 valence electrons. The van der Waals surface area contributed by atoms with E-state index in [1.54, 1.807) is 0 Å². The Kier molecular flexibility index (Phi) is 6.99. The maximum Gasteiger partial charge on any atom is 0.241 e. The SMILES string of the molecule is CCN1CCN(C(=O)C(C)N2CCN(Cc3nc(-c4ccc(C)cc4)no3)CC2)CC1. The van der Waals surface area contributed by atoms with E-state index in [1.807, 2.05) is 17.0 Å². The van der Waals surface area contributed by atoms with Crippen LogP contribution in [0.2, 0.25) is 0 Å². The van der Waals surface area contributed by atoms with Gasteiger partial charge in [-0.25, -0.2) is 0 Å². The van der Waals surface area contributed by atoms with E-state index in [4.69, 9.17) is 4.52 Å². The lowest BCUT2D eigenvalue weighted by Crippen LogP contribution is -2.57. The Balaban J connectivity index is 1.25. The van der Waals surface area contributed by atoms with Crippen LogP contribution in [0.4, 0.5) is 0 Å². The van der Waals surface area contributed by atoms with Crippen molar-refractivity contribution >= 4 is 5.91 Å². The molecule has 0 bridgehead atoms. The number of benzene rings is 1. The van der Waals surface area contributed by atoms with Crippen LogP contribution in [0.25, 0.3) is 11.4 Å². The third kappa shape index (κ3) is 5.31. The molecule has 1 aromatic heterocycles. The zero-order chi connectivity index (χ0) is 21.8. The molecular formula is C23H34N6O2. The highest BCUT2D eigenvalue weighted by Gasteiger charge is 2.30. The standard InChI is InChI=1S/C23H34N6O2/c1-4-26-9-15-29(16-10-26)23(30)19(3)28-13-11-27(12-14-28)17-21-24-22(25-31-21)20-7-5-18(2)6-8-20/h5-8,19H,4,9-17H2,1-3H3. The van der Waals surface area contributed by atoms with Crippen molar-refractivity contribution in [3.8, 4) is 11.4 Å². The summed E-state index contributed by atoms with van der Waals surface area (Å²) in [4.78, 5) is 26.6. The number of hydrogen-bond acceptors (Lipinski definition) is 7. The molecule has 0 radical (unpaired) electrons. The zero-order valence-electron chi connectivity index (χ0n) is 19.0. The normalized spacial score (nSPS) is 20.2. The summed E-state index contributed by atoms with van der Waals surface area (Å²) >= 11 is 0. The van der Waals surface area contributed by atoms with E-state index in [2.05, 4.69) is 57.7 Å². The second-order valence-electron chi connectivity index (χ2n) is 8.63. The van der Waals surface area contributed by atoms with Crippen LogP contribution in [-0.2, 0) is 11.3 Å². The average molecular weight is 427 g/mol. The van der Waals surface area contributed by atoms with Crippen LogP contribution in [0.3, 0.4) is 0 Å². The Labute approximate surface area is 184 Å². The molecule has 1 amide bonds. The first kappa shape index (κ1) is 21.9. The monoisotopic (exact) mass is 426 g/mol. The van der Waals surface area contributed by atoms with Crippen LogP contribution >= 0.6 is 0 Å². The Morgan fingerprint density at radius 3 is 2.29 bits per heavy atom. The Hall–Kier alpha value is -2.29. The molecule has 0 N–H and O–H groups in total. The first-order valence-electron chi connectivity index (χ1n) is 11.4. The molecule has 1 unspecified atom stereocenters. The molecule has 2 saturated heterocycles. The molecule has 8 heteroatoms. The molecule has 0 spiro atoms. The first-order chi connectivity index (χ1) is 15.0. The van der Waals surface area contributed by atoms with Gasteiger partial charge in [0.15, 0.2) is 0 Å². The highest BCUT2D eigenvalue weighted by atomic mass is 16.5. The van der Waals surface area contributed by atoms with Gasteiger partial charge in [0.1, 0.15) is 0 Å². The number of amides is 1. The van der Waals surface area contributed by atoms with Gasteiger partial charge in [-0.1, -0.05) is 41.9 Å². The van der Waals surface area contributed by atoms with Crippen LogP contribution in [0, 0.1) is 6.92 Å². The summed E-state index contributed by atoms with van der Waals surface area (Å²) in [5, 5.41) is 4.13. The van der Waals surface area contributed by atoms with E-state index in [9.17, 15) is 4.79 Å². The molecule has 4 rings (SSSR count). The van der Waals surface area contributed by atoms with E-state index in [0.29, 0.717) is 18.3 Å². The Bertz CT molecular complexity index is 851. The minimum atomic E-state index is -0.0631. The molecule has 0 aliphatic carbocycles. The van der Waals surface area contributed by atoms with Crippen LogP contribution < -0.4 is 0 Å². The number of aromatic nitrogens is 2. The summed E-state index contributed by atoms with van der Waals surface area (Å²) in [6.45, 7) is 15.2. The second-order valence-corrected chi connectivity index (χ2v) is 8.63. The molecule has 2 aliphatic rings. The predicted molar refractivity (Wildman–Crippen MR) is 119 cm³/mol. The summed E-state index contributed by atoms with van der Waals surface area (Å²) in [5.74, 6) is 1.54. The maximum atomic E-state index is 12.9. The topological polar surface area (TPSA) is 69.0 Å². The highest BCUT2D eigenvalue weighted by Crippen LogP contribution is 2.18. The fourth-order valence-corrected chi connectivity index (χ4v) is 4.34. The number of rotatable bonds is 6. The number of hydrogen-bond donors (Lipinski definition) is 0. The van der Waals surface area contributed by atoms with Gasteiger partial charge in [0.05, 0.1) is 12.6 Å². The molecule has 8 nitrogen and oxygen atoms in total. The zero-order valence-corrected chi connectivity index (χ0v) is 19.0. The van der Waals surface area contributed by atoms with Gasteiger partial charge in [-0.3, -0.25) is 14.6 Å². The van der Waals surface area contributed by atoms with Crippen molar-refractivity contribution in [2.75, 3.05) is 58.9 Å². The second kappa shape index (κ2) is 9.89. The molecule has 0 saturated carbocycles. The average Bonchev–Trinajstić information content (AvgIpc) is 3.27. The maximum absolute atomic E-state index is 12.9. The molecule has 1 atom stereocenters. The minimum absolute atomic E-state index is 0.0631. The van der Waals surface area contributed by atoms with Crippen molar-refractivity contribution in [3.63, 3.8) is 0 Å². The molecule has 2 aliphatic heterocycles. The number of carbonyl (C=O) groups is 1. The fraction of sp³-hybridized carbons (Fsp3) is 0.609. The van der Waals surface area contributed by atoms with Crippen molar-refractivity contribution in [2.45, 2.75) is 33.4 Å². The highest BCUT2D eigenvalue weighted by molar-refractivity contribution is 5.81.